The summed E-state index contributed by atoms with van der Waals surface area (Å²) >= 11 is 0. The lowest BCUT2D eigenvalue weighted by molar-refractivity contribution is -0.137. The van der Waals surface area contributed by atoms with Gasteiger partial charge in [0.1, 0.15) is 6.42 Å². The molecule has 7 nitrogen and oxygen atoms in total. The van der Waals surface area contributed by atoms with E-state index < -0.39 is 30.0 Å². The molecule has 0 saturated carbocycles. The van der Waals surface area contributed by atoms with Crippen LogP contribution in [-0.2, 0) is 15.8 Å². The summed E-state index contributed by atoms with van der Waals surface area (Å²) in [4.78, 5) is 23.8. The van der Waals surface area contributed by atoms with Gasteiger partial charge in [-0.1, -0.05) is 19.4 Å². The van der Waals surface area contributed by atoms with Gasteiger partial charge in [-0.2, -0.15) is 18.3 Å². The molecule has 0 spiro atoms. The number of hydrogen-bond donors (Lipinski definition) is 2. The summed E-state index contributed by atoms with van der Waals surface area (Å²) < 4.78 is 49.1. The number of anilines is 1. The van der Waals surface area contributed by atoms with Gasteiger partial charge in [-0.3, -0.25) is 9.59 Å². The summed E-state index contributed by atoms with van der Waals surface area (Å²) in [5.41, 5.74) is 1.86. The maximum Gasteiger partial charge on any atom is 0.416 e. The lowest BCUT2D eigenvalue weighted by atomic mass is 10.2. The standard InChI is InChI=1S/C22H24F3N3O4/c1-3-4-10-32-18-9-8-15(11-19(18)31-2)14-26-28-21(30)13-20(29)27-17-7-5-6-16(12-17)22(23,24)25/h5-9,11-12,14H,3-4,10,13H2,1-2H3,(H,27,29)(H,28,30). The molecule has 2 aromatic carbocycles. The van der Waals surface area contributed by atoms with E-state index in [1.54, 1.807) is 18.2 Å². The van der Waals surface area contributed by atoms with Crippen molar-refractivity contribution in [3.05, 3.63) is 53.6 Å². The predicted octanol–water partition coefficient (Wildman–Crippen LogP) is 4.37. The number of benzene rings is 2. The first-order valence-electron chi connectivity index (χ1n) is 9.82. The highest BCUT2D eigenvalue weighted by atomic mass is 19.4. The summed E-state index contributed by atoms with van der Waals surface area (Å²) in [6.07, 6.45) is -1.86. The van der Waals surface area contributed by atoms with Crippen molar-refractivity contribution < 1.29 is 32.2 Å². The van der Waals surface area contributed by atoms with Gasteiger partial charge >= 0.3 is 6.18 Å². The molecule has 0 bridgehead atoms. The zero-order chi connectivity index (χ0) is 23.6. The van der Waals surface area contributed by atoms with Crippen LogP contribution in [0.1, 0.15) is 37.3 Å². The Kier molecular flexibility index (Phi) is 9.06. The molecular formula is C22H24F3N3O4. The van der Waals surface area contributed by atoms with E-state index in [1.165, 1.54) is 19.4 Å². The van der Waals surface area contributed by atoms with Crippen molar-refractivity contribution in [3.8, 4) is 11.5 Å². The van der Waals surface area contributed by atoms with E-state index in [-0.39, 0.29) is 5.69 Å². The minimum absolute atomic E-state index is 0.0607. The van der Waals surface area contributed by atoms with Gasteiger partial charge in [-0.25, -0.2) is 5.43 Å². The molecule has 0 saturated heterocycles. The lowest BCUT2D eigenvalue weighted by Crippen LogP contribution is -2.24. The van der Waals surface area contributed by atoms with Crippen LogP contribution < -0.4 is 20.2 Å². The van der Waals surface area contributed by atoms with Crippen molar-refractivity contribution >= 4 is 23.7 Å². The molecular weight excluding hydrogens is 427 g/mol. The molecule has 0 aliphatic heterocycles. The molecule has 2 amide bonds. The highest BCUT2D eigenvalue weighted by molar-refractivity contribution is 6.03. The fourth-order valence-electron chi connectivity index (χ4n) is 2.55. The number of halogens is 3. The van der Waals surface area contributed by atoms with Crippen molar-refractivity contribution in [1.82, 2.24) is 5.43 Å². The first-order chi connectivity index (χ1) is 15.2. The highest BCUT2D eigenvalue weighted by Crippen LogP contribution is 2.30. The third-order valence-electron chi connectivity index (χ3n) is 4.14. The Morgan fingerprint density at radius 2 is 1.88 bits per heavy atom. The number of carbonyl (C=O) groups excluding carboxylic acids is 2. The largest absolute Gasteiger partial charge is 0.493 e. The van der Waals surface area contributed by atoms with Gasteiger partial charge in [0.25, 0.3) is 0 Å². The fourth-order valence-corrected chi connectivity index (χ4v) is 2.55. The Labute approximate surface area is 183 Å². The van der Waals surface area contributed by atoms with E-state index in [0.29, 0.717) is 23.7 Å². The number of amides is 2. The van der Waals surface area contributed by atoms with Crippen molar-refractivity contribution in [2.24, 2.45) is 5.10 Å². The average Bonchev–Trinajstić information content (AvgIpc) is 2.74. The molecule has 0 aliphatic carbocycles. The van der Waals surface area contributed by atoms with Crippen LogP contribution in [0, 0.1) is 0 Å². The van der Waals surface area contributed by atoms with E-state index in [9.17, 15) is 22.8 Å². The summed E-state index contributed by atoms with van der Waals surface area (Å²) in [6.45, 7) is 2.63. The highest BCUT2D eigenvalue weighted by Gasteiger charge is 2.30. The number of ether oxygens (including phenoxy) is 2. The van der Waals surface area contributed by atoms with Gasteiger partial charge in [0.05, 0.1) is 25.5 Å². The smallest absolute Gasteiger partial charge is 0.416 e. The molecule has 0 aliphatic rings. The third-order valence-corrected chi connectivity index (χ3v) is 4.14. The Balaban J connectivity index is 1.87. The summed E-state index contributed by atoms with van der Waals surface area (Å²) in [7, 11) is 1.51. The van der Waals surface area contributed by atoms with E-state index in [1.807, 2.05) is 0 Å². The zero-order valence-electron chi connectivity index (χ0n) is 17.7. The van der Waals surface area contributed by atoms with Crippen molar-refractivity contribution in [2.75, 3.05) is 19.0 Å². The Hall–Kier alpha value is -3.56. The number of hydrogen-bond acceptors (Lipinski definition) is 5. The zero-order valence-corrected chi connectivity index (χ0v) is 17.7. The number of rotatable bonds is 10. The fraction of sp³-hybridized carbons (Fsp3) is 0.318. The van der Waals surface area contributed by atoms with Crippen LogP contribution in [0.25, 0.3) is 0 Å². The second-order valence-corrected chi connectivity index (χ2v) is 6.71. The molecule has 0 atom stereocenters. The number of nitrogens with one attached hydrogen (secondary N) is 2. The second-order valence-electron chi connectivity index (χ2n) is 6.71. The quantitative estimate of drug-likeness (QED) is 0.243. The van der Waals surface area contributed by atoms with Gasteiger partial charge in [0, 0.05) is 5.69 Å². The topological polar surface area (TPSA) is 89.0 Å². The van der Waals surface area contributed by atoms with Crippen molar-refractivity contribution in [3.63, 3.8) is 0 Å². The second kappa shape index (κ2) is 11.7. The van der Waals surface area contributed by atoms with Crippen LogP contribution in [0.4, 0.5) is 18.9 Å². The van der Waals surface area contributed by atoms with Crippen molar-refractivity contribution in [2.45, 2.75) is 32.4 Å². The van der Waals surface area contributed by atoms with Crippen LogP contribution in [-0.4, -0.2) is 31.7 Å². The monoisotopic (exact) mass is 451 g/mol. The lowest BCUT2D eigenvalue weighted by Gasteiger charge is -2.10. The number of carbonyl (C=O) groups is 2. The molecule has 0 heterocycles. The van der Waals surface area contributed by atoms with Crippen LogP contribution in [0.3, 0.4) is 0 Å². The normalized spacial score (nSPS) is 11.3. The Morgan fingerprint density at radius 3 is 2.56 bits per heavy atom. The Morgan fingerprint density at radius 1 is 1.09 bits per heavy atom. The third kappa shape index (κ3) is 7.93. The van der Waals surface area contributed by atoms with Crippen LogP contribution >= 0.6 is 0 Å². The van der Waals surface area contributed by atoms with Gasteiger partial charge in [-0.05, 0) is 48.4 Å². The predicted molar refractivity (Wildman–Crippen MR) is 114 cm³/mol. The van der Waals surface area contributed by atoms with Gasteiger partial charge < -0.3 is 14.8 Å². The summed E-state index contributed by atoms with van der Waals surface area (Å²) in [5, 5.41) is 6.03. The number of hydrazone groups is 1. The number of methoxy groups -OCH3 is 1. The van der Waals surface area contributed by atoms with E-state index in [0.717, 1.165) is 31.0 Å². The van der Waals surface area contributed by atoms with Gasteiger partial charge in [0.15, 0.2) is 11.5 Å². The molecule has 0 aromatic heterocycles. The van der Waals surface area contributed by atoms with Gasteiger partial charge in [0.2, 0.25) is 11.8 Å². The number of nitrogens with zero attached hydrogens (tertiary/aromatic N) is 1. The average molecular weight is 451 g/mol. The number of alkyl halides is 3. The summed E-state index contributed by atoms with van der Waals surface area (Å²) in [6, 6.07) is 9.26. The molecule has 2 rings (SSSR count). The molecule has 10 heteroatoms. The SMILES string of the molecule is CCCCOc1ccc(C=NNC(=O)CC(=O)Nc2cccc(C(F)(F)F)c2)cc1OC. The summed E-state index contributed by atoms with van der Waals surface area (Å²) in [5.74, 6) is -0.394. The van der Waals surface area contributed by atoms with E-state index >= 15 is 0 Å². The van der Waals surface area contributed by atoms with Crippen molar-refractivity contribution in [1.29, 1.82) is 0 Å². The van der Waals surface area contributed by atoms with Crippen LogP contribution in [0.15, 0.2) is 47.6 Å². The first kappa shape index (κ1) is 24.7. The molecule has 0 fully saturated rings. The minimum atomic E-state index is -4.53. The maximum atomic E-state index is 12.7. The molecule has 32 heavy (non-hydrogen) atoms. The molecule has 2 N–H and O–H groups in total. The molecule has 0 radical (unpaired) electrons. The Bertz CT molecular complexity index is 962. The minimum Gasteiger partial charge on any atom is -0.493 e. The van der Waals surface area contributed by atoms with Gasteiger partial charge in [-0.15, -0.1) is 0 Å². The molecule has 0 unspecified atom stereocenters. The van der Waals surface area contributed by atoms with Crippen LogP contribution in [0.2, 0.25) is 0 Å². The van der Waals surface area contributed by atoms with E-state index in [4.69, 9.17) is 9.47 Å². The van der Waals surface area contributed by atoms with Crippen LogP contribution in [0.5, 0.6) is 11.5 Å². The molecule has 172 valence electrons. The molecule has 2 aromatic rings. The first-order valence-corrected chi connectivity index (χ1v) is 9.82. The maximum absolute atomic E-state index is 12.7. The number of unbranched alkanes of at least 4 members (excludes halogenated alkanes) is 1. The van der Waals surface area contributed by atoms with E-state index in [2.05, 4.69) is 22.8 Å².